The Morgan fingerprint density at radius 1 is 1.17 bits per heavy atom. The van der Waals surface area contributed by atoms with E-state index >= 15 is 0 Å². The van der Waals surface area contributed by atoms with Crippen LogP contribution in [0.25, 0.3) is 0 Å². The zero-order valence-corrected chi connectivity index (χ0v) is 14.5. The van der Waals surface area contributed by atoms with E-state index in [1.165, 1.54) is 5.56 Å². The van der Waals surface area contributed by atoms with Crippen LogP contribution >= 0.6 is 11.6 Å². The summed E-state index contributed by atoms with van der Waals surface area (Å²) >= 11 is 6.09. The number of anilines is 2. The van der Waals surface area contributed by atoms with Crippen molar-refractivity contribution < 1.29 is 9.53 Å². The molecule has 0 aromatic heterocycles. The smallest absolute Gasteiger partial charge is 0.246 e. The third-order valence-electron chi connectivity index (χ3n) is 3.57. The van der Waals surface area contributed by atoms with Crippen LogP contribution in [0.3, 0.4) is 0 Å². The van der Waals surface area contributed by atoms with Crippen molar-refractivity contribution in [3.8, 4) is 5.75 Å². The van der Waals surface area contributed by atoms with Gasteiger partial charge >= 0.3 is 0 Å². The molecule has 0 aliphatic heterocycles. The fraction of sp³-hybridized carbons (Fsp3) is 0.278. The van der Waals surface area contributed by atoms with Crippen LogP contribution in [0.1, 0.15) is 18.1 Å². The molecule has 2 N–H and O–H groups in total. The van der Waals surface area contributed by atoms with Crippen LogP contribution in [0, 0.1) is 13.8 Å². The Kier molecular flexibility index (Phi) is 5.50. The maximum absolute atomic E-state index is 12.3. The minimum atomic E-state index is -0.403. The van der Waals surface area contributed by atoms with Gasteiger partial charge in [-0.25, -0.2) is 0 Å². The van der Waals surface area contributed by atoms with E-state index in [0.717, 1.165) is 16.9 Å². The highest BCUT2D eigenvalue weighted by Gasteiger charge is 2.14. The molecule has 1 amide bonds. The largest absolute Gasteiger partial charge is 0.495 e. The number of carbonyl (C=O) groups is 1. The Labute approximate surface area is 141 Å². The number of aryl methyl sites for hydroxylation is 2. The van der Waals surface area contributed by atoms with Crippen LogP contribution < -0.4 is 15.4 Å². The number of ether oxygens (including phenoxy) is 1. The maximum Gasteiger partial charge on any atom is 0.246 e. The zero-order valence-electron chi connectivity index (χ0n) is 13.7. The van der Waals surface area contributed by atoms with Gasteiger partial charge in [0.25, 0.3) is 0 Å². The van der Waals surface area contributed by atoms with Gasteiger partial charge in [-0.3, -0.25) is 4.79 Å². The molecule has 122 valence electrons. The van der Waals surface area contributed by atoms with Gasteiger partial charge in [0.15, 0.2) is 0 Å². The molecular formula is C18H21ClN2O2. The van der Waals surface area contributed by atoms with E-state index in [4.69, 9.17) is 16.3 Å². The van der Waals surface area contributed by atoms with Crippen LogP contribution in [0.5, 0.6) is 5.75 Å². The lowest BCUT2D eigenvalue weighted by Crippen LogP contribution is -2.32. The SMILES string of the molecule is COc1ccc(NC(C)C(=O)Nc2ccc(C)cc2C)cc1Cl. The van der Waals surface area contributed by atoms with Crippen LogP contribution in [0.4, 0.5) is 11.4 Å². The van der Waals surface area contributed by atoms with Crippen LogP contribution in [-0.2, 0) is 4.79 Å². The number of methoxy groups -OCH3 is 1. The highest BCUT2D eigenvalue weighted by Crippen LogP contribution is 2.27. The van der Waals surface area contributed by atoms with Crippen LogP contribution in [-0.4, -0.2) is 19.1 Å². The lowest BCUT2D eigenvalue weighted by Gasteiger charge is -2.17. The fourth-order valence-electron chi connectivity index (χ4n) is 2.27. The topological polar surface area (TPSA) is 50.4 Å². The molecule has 0 aliphatic carbocycles. The summed E-state index contributed by atoms with van der Waals surface area (Å²) < 4.78 is 5.12. The summed E-state index contributed by atoms with van der Waals surface area (Å²) in [4.78, 5) is 12.3. The molecule has 0 saturated heterocycles. The number of halogens is 1. The average Bonchev–Trinajstić information content (AvgIpc) is 2.50. The number of carbonyl (C=O) groups excluding carboxylic acids is 1. The van der Waals surface area contributed by atoms with E-state index < -0.39 is 6.04 Å². The molecule has 2 rings (SSSR count). The lowest BCUT2D eigenvalue weighted by atomic mass is 10.1. The molecule has 4 nitrogen and oxygen atoms in total. The van der Waals surface area contributed by atoms with Crippen molar-refractivity contribution in [3.63, 3.8) is 0 Å². The molecule has 0 spiro atoms. The molecule has 2 aromatic carbocycles. The van der Waals surface area contributed by atoms with Gasteiger partial charge in [0.05, 0.1) is 12.1 Å². The quantitative estimate of drug-likeness (QED) is 0.853. The zero-order chi connectivity index (χ0) is 17.0. The molecule has 0 saturated carbocycles. The van der Waals surface area contributed by atoms with E-state index in [2.05, 4.69) is 10.6 Å². The highest BCUT2D eigenvalue weighted by molar-refractivity contribution is 6.32. The Bertz CT molecular complexity index is 716. The number of nitrogens with one attached hydrogen (secondary N) is 2. The first-order valence-electron chi connectivity index (χ1n) is 7.39. The average molecular weight is 333 g/mol. The summed E-state index contributed by atoms with van der Waals surface area (Å²) in [6.45, 7) is 5.80. The molecular weight excluding hydrogens is 312 g/mol. The second-order valence-corrected chi connectivity index (χ2v) is 5.93. The summed E-state index contributed by atoms with van der Waals surface area (Å²) in [5.41, 5.74) is 3.79. The van der Waals surface area contributed by atoms with E-state index in [-0.39, 0.29) is 5.91 Å². The minimum Gasteiger partial charge on any atom is -0.495 e. The second-order valence-electron chi connectivity index (χ2n) is 5.52. The van der Waals surface area contributed by atoms with Gasteiger partial charge in [-0.2, -0.15) is 0 Å². The molecule has 23 heavy (non-hydrogen) atoms. The molecule has 1 atom stereocenters. The summed E-state index contributed by atoms with van der Waals surface area (Å²) in [5.74, 6) is 0.494. The third kappa shape index (κ3) is 4.39. The Hall–Kier alpha value is -2.20. The van der Waals surface area contributed by atoms with Gasteiger partial charge in [-0.1, -0.05) is 29.3 Å². The first kappa shape index (κ1) is 17.2. The first-order valence-corrected chi connectivity index (χ1v) is 7.76. The van der Waals surface area contributed by atoms with Crippen LogP contribution in [0.15, 0.2) is 36.4 Å². The molecule has 2 aromatic rings. The molecule has 0 heterocycles. The summed E-state index contributed by atoms with van der Waals surface area (Å²) in [6, 6.07) is 10.9. The normalized spacial score (nSPS) is 11.7. The fourth-order valence-corrected chi connectivity index (χ4v) is 2.52. The Balaban J connectivity index is 2.03. The summed E-state index contributed by atoms with van der Waals surface area (Å²) in [6.07, 6.45) is 0. The standard InChI is InChI=1S/C18H21ClN2O2/c1-11-5-7-16(12(2)9-11)21-18(22)13(3)20-14-6-8-17(23-4)15(19)10-14/h5-10,13,20H,1-4H3,(H,21,22). The number of hydrogen-bond acceptors (Lipinski definition) is 3. The number of benzene rings is 2. The van der Waals surface area contributed by atoms with Crippen molar-refractivity contribution in [2.45, 2.75) is 26.8 Å². The molecule has 1 unspecified atom stereocenters. The van der Waals surface area contributed by atoms with Crippen molar-refractivity contribution in [1.82, 2.24) is 0 Å². The van der Waals surface area contributed by atoms with Gasteiger partial charge in [-0.05, 0) is 50.6 Å². The van der Waals surface area contributed by atoms with Gasteiger partial charge in [0.2, 0.25) is 5.91 Å². The predicted octanol–water partition coefficient (Wildman–Crippen LogP) is 4.40. The van der Waals surface area contributed by atoms with Crippen molar-refractivity contribution >= 4 is 28.9 Å². The second kappa shape index (κ2) is 7.38. The molecule has 0 radical (unpaired) electrons. The molecule has 0 bridgehead atoms. The van der Waals surface area contributed by atoms with E-state index in [0.29, 0.717) is 10.8 Å². The van der Waals surface area contributed by atoms with Crippen molar-refractivity contribution in [2.24, 2.45) is 0 Å². The van der Waals surface area contributed by atoms with Gasteiger partial charge in [-0.15, -0.1) is 0 Å². The number of amides is 1. The van der Waals surface area contributed by atoms with E-state index in [9.17, 15) is 4.79 Å². The van der Waals surface area contributed by atoms with E-state index in [1.54, 1.807) is 26.2 Å². The molecule has 0 aliphatic rings. The first-order chi connectivity index (χ1) is 10.9. The number of rotatable bonds is 5. The van der Waals surface area contributed by atoms with E-state index in [1.807, 2.05) is 38.1 Å². The molecule has 0 fully saturated rings. The Morgan fingerprint density at radius 2 is 1.91 bits per heavy atom. The van der Waals surface area contributed by atoms with Crippen LogP contribution in [0.2, 0.25) is 5.02 Å². The monoisotopic (exact) mass is 332 g/mol. The van der Waals surface area contributed by atoms with Crippen molar-refractivity contribution in [1.29, 1.82) is 0 Å². The van der Waals surface area contributed by atoms with Gasteiger partial charge in [0.1, 0.15) is 11.8 Å². The number of hydrogen-bond donors (Lipinski definition) is 2. The molecule has 5 heteroatoms. The Morgan fingerprint density at radius 3 is 2.52 bits per heavy atom. The minimum absolute atomic E-state index is 0.108. The lowest BCUT2D eigenvalue weighted by molar-refractivity contribution is -0.116. The summed E-state index contributed by atoms with van der Waals surface area (Å²) in [7, 11) is 1.56. The summed E-state index contributed by atoms with van der Waals surface area (Å²) in [5, 5.41) is 6.57. The predicted molar refractivity (Wildman–Crippen MR) is 95.6 cm³/mol. The maximum atomic E-state index is 12.3. The van der Waals surface area contributed by atoms with Gasteiger partial charge in [0, 0.05) is 11.4 Å². The highest BCUT2D eigenvalue weighted by atomic mass is 35.5. The van der Waals surface area contributed by atoms with Gasteiger partial charge < -0.3 is 15.4 Å². The van der Waals surface area contributed by atoms with Crippen molar-refractivity contribution in [2.75, 3.05) is 17.7 Å². The van der Waals surface area contributed by atoms with Crippen molar-refractivity contribution in [3.05, 3.63) is 52.5 Å². The third-order valence-corrected chi connectivity index (χ3v) is 3.86.